The first-order chi connectivity index (χ1) is 13.8. The fraction of sp³-hybridized carbons (Fsp3) is 0.200. The quantitative estimate of drug-likeness (QED) is 0.517. The van der Waals surface area contributed by atoms with Crippen LogP contribution >= 0.6 is 0 Å². The Balaban J connectivity index is 1.52. The first-order valence-corrected chi connectivity index (χ1v) is 8.87. The summed E-state index contributed by atoms with van der Waals surface area (Å²) in [4.78, 5) is 1.36. The number of hydrogen-bond acceptors (Lipinski definition) is 4. The minimum absolute atomic E-state index is 0.148. The van der Waals surface area contributed by atoms with Crippen LogP contribution in [0.3, 0.4) is 0 Å². The van der Waals surface area contributed by atoms with Crippen molar-refractivity contribution in [2.24, 2.45) is 0 Å². The largest absolute Gasteiger partial charge is 0.416 e. The summed E-state index contributed by atoms with van der Waals surface area (Å²) in [6.45, 7) is 4.28. The summed E-state index contributed by atoms with van der Waals surface area (Å²) in [5, 5.41) is 16.5. The third-order valence-electron chi connectivity index (χ3n) is 4.42. The Bertz CT molecular complexity index is 1140. The molecule has 0 saturated carbocycles. The van der Waals surface area contributed by atoms with Crippen molar-refractivity contribution in [2.45, 2.75) is 26.6 Å². The van der Waals surface area contributed by atoms with Crippen LogP contribution in [0.2, 0.25) is 0 Å². The summed E-state index contributed by atoms with van der Waals surface area (Å²) in [5.74, 6) is 0.148. The highest BCUT2D eigenvalue weighted by Gasteiger charge is 2.30. The van der Waals surface area contributed by atoms with Gasteiger partial charge in [-0.1, -0.05) is 24.3 Å². The second-order valence-corrected chi connectivity index (χ2v) is 6.73. The van der Waals surface area contributed by atoms with Crippen LogP contribution in [0.4, 0.5) is 13.2 Å². The van der Waals surface area contributed by atoms with Crippen LogP contribution in [0.1, 0.15) is 22.5 Å². The zero-order chi connectivity index (χ0) is 20.6. The van der Waals surface area contributed by atoms with E-state index in [-0.39, 0.29) is 11.4 Å². The summed E-state index contributed by atoms with van der Waals surface area (Å²) < 4.78 is 40.5. The minimum Gasteiger partial charge on any atom is -0.238 e. The van der Waals surface area contributed by atoms with Crippen LogP contribution in [0.25, 0.3) is 17.1 Å². The molecule has 2 aromatic heterocycles. The molecule has 0 bridgehead atoms. The number of rotatable bonds is 4. The first kappa shape index (κ1) is 18.9. The topological polar surface area (TPSA) is 61.4 Å². The van der Waals surface area contributed by atoms with Gasteiger partial charge in [0.05, 0.1) is 23.5 Å². The second-order valence-electron chi connectivity index (χ2n) is 6.73. The highest BCUT2D eigenvalue weighted by Crippen LogP contribution is 2.31. The Hall–Kier alpha value is -3.49. The van der Waals surface area contributed by atoms with Crippen LogP contribution in [-0.2, 0) is 12.7 Å². The van der Waals surface area contributed by atoms with Gasteiger partial charge in [-0.15, -0.1) is 10.2 Å². The summed E-state index contributed by atoms with van der Waals surface area (Å²) >= 11 is 0. The molecule has 9 heteroatoms. The molecule has 4 rings (SSSR count). The molecule has 0 saturated heterocycles. The van der Waals surface area contributed by atoms with Gasteiger partial charge in [0.25, 0.3) is 0 Å². The van der Waals surface area contributed by atoms with Crippen molar-refractivity contribution in [3.05, 3.63) is 77.1 Å². The lowest BCUT2D eigenvalue weighted by atomic mass is 10.1. The maximum absolute atomic E-state index is 12.9. The van der Waals surface area contributed by atoms with Crippen LogP contribution in [-0.4, -0.2) is 30.0 Å². The van der Waals surface area contributed by atoms with E-state index in [0.717, 1.165) is 34.8 Å². The third kappa shape index (κ3) is 4.03. The van der Waals surface area contributed by atoms with Crippen molar-refractivity contribution in [2.75, 3.05) is 0 Å². The van der Waals surface area contributed by atoms with Crippen LogP contribution in [0, 0.1) is 13.8 Å². The second kappa shape index (κ2) is 7.16. The fourth-order valence-corrected chi connectivity index (χ4v) is 3.06. The van der Waals surface area contributed by atoms with Gasteiger partial charge in [-0.25, -0.2) is 4.68 Å². The summed E-state index contributed by atoms with van der Waals surface area (Å²) in [5.41, 5.74) is 3.38. The smallest absolute Gasteiger partial charge is 0.238 e. The molecule has 0 radical (unpaired) electrons. The van der Waals surface area contributed by atoms with Gasteiger partial charge in [-0.05, 0) is 55.0 Å². The van der Waals surface area contributed by atoms with Gasteiger partial charge in [0.15, 0.2) is 0 Å². The molecule has 0 aliphatic heterocycles. The third-order valence-corrected chi connectivity index (χ3v) is 4.42. The van der Waals surface area contributed by atoms with E-state index < -0.39 is 11.7 Å². The summed E-state index contributed by atoms with van der Waals surface area (Å²) in [6.07, 6.45) is -4.42. The predicted molar refractivity (Wildman–Crippen MR) is 100 cm³/mol. The molecule has 0 N–H and O–H groups in total. The molecule has 148 valence electrons. The summed E-state index contributed by atoms with van der Waals surface area (Å²) in [7, 11) is 0. The van der Waals surface area contributed by atoms with Crippen molar-refractivity contribution >= 4 is 0 Å². The van der Waals surface area contributed by atoms with E-state index in [4.69, 9.17) is 0 Å². The first-order valence-electron chi connectivity index (χ1n) is 8.87. The SMILES string of the molecule is Cc1cc(C)n(-c2ccc(Cn3nnc(-c4cccc(C(F)(F)F)c4)n3)cc2)n1. The predicted octanol–water partition coefficient (Wildman–Crippen LogP) is 4.21. The Morgan fingerprint density at radius 2 is 1.69 bits per heavy atom. The molecule has 0 aliphatic carbocycles. The number of aryl methyl sites for hydroxylation is 2. The Morgan fingerprint density at radius 3 is 2.34 bits per heavy atom. The number of aromatic nitrogens is 6. The van der Waals surface area contributed by atoms with Crippen LogP contribution < -0.4 is 0 Å². The van der Waals surface area contributed by atoms with E-state index in [1.807, 2.05) is 48.9 Å². The maximum Gasteiger partial charge on any atom is 0.416 e. The van der Waals surface area contributed by atoms with Crippen LogP contribution in [0.5, 0.6) is 0 Å². The molecular weight excluding hydrogens is 381 g/mol. The highest BCUT2D eigenvalue weighted by molar-refractivity contribution is 5.55. The molecule has 0 atom stereocenters. The van der Waals surface area contributed by atoms with Gasteiger partial charge in [0.2, 0.25) is 5.82 Å². The number of nitrogens with zero attached hydrogens (tertiary/aromatic N) is 6. The number of benzene rings is 2. The van der Waals surface area contributed by atoms with Crippen LogP contribution in [0.15, 0.2) is 54.6 Å². The lowest BCUT2D eigenvalue weighted by Gasteiger charge is -2.07. The Kier molecular flexibility index (Phi) is 4.65. The van der Waals surface area contributed by atoms with Gasteiger partial charge in [-0.3, -0.25) is 0 Å². The molecule has 0 amide bonds. The normalized spacial score (nSPS) is 11.8. The highest BCUT2D eigenvalue weighted by atomic mass is 19.4. The molecule has 2 aromatic carbocycles. The number of halogens is 3. The van der Waals surface area contributed by atoms with E-state index in [0.29, 0.717) is 6.54 Å². The van der Waals surface area contributed by atoms with E-state index in [2.05, 4.69) is 20.5 Å². The van der Waals surface area contributed by atoms with Crippen molar-refractivity contribution in [1.29, 1.82) is 0 Å². The molecule has 4 aromatic rings. The molecule has 0 fully saturated rings. The Morgan fingerprint density at radius 1 is 0.931 bits per heavy atom. The van der Waals surface area contributed by atoms with Crippen molar-refractivity contribution in [3.8, 4) is 17.1 Å². The van der Waals surface area contributed by atoms with E-state index in [9.17, 15) is 13.2 Å². The molecule has 6 nitrogen and oxygen atoms in total. The van der Waals surface area contributed by atoms with Gasteiger partial charge in [-0.2, -0.15) is 23.1 Å². The number of tetrazole rings is 1. The molecule has 0 unspecified atom stereocenters. The molecular formula is C20H17F3N6. The number of hydrogen-bond donors (Lipinski definition) is 0. The fourth-order valence-electron chi connectivity index (χ4n) is 3.06. The minimum atomic E-state index is -4.42. The lowest BCUT2D eigenvalue weighted by Crippen LogP contribution is -2.05. The average Bonchev–Trinajstić information content (AvgIpc) is 3.28. The molecule has 0 spiro atoms. The molecule has 0 aliphatic rings. The lowest BCUT2D eigenvalue weighted by molar-refractivity contribution is -0.137. The van der Waals surface area contributed by atoms with E-state index in [1.54, 1.807) is 0 Å². The monoisotopic (exact) mass is 398 g/mol. The van der Waals surface area contributed by atoms with Gasteiger partial charge in [0.1, 0.15) is 0 Å². The molecule has 29 heavy (non-hydrogen) atoms. The van der Waals surface area contributed by atoms with Gasteiger partial charge >= 0.3 is 6.18 Å². The summed E-state index contributed by atoms with van der Waals surface area (Å²) in [6, 6.07) is 14.6. The maximum atomic E-state index is 12.9. The molecule has 2 heterocycles. The standard InChI is InChI=1S/C20H17F3N6/c1-13-10-14(2)29(25-13)18-8-6-15(7-9-18)12-28-26-19(24-27-28)16-4-3-5-17(11-16)20(21,22)23/h3-11H,12H2,1-2H3. The van der Waals surface area contributed by atoms with Crippen molar-refractivity contribution < 1.29 is 13.2 Å². The zero-order valence-corrected chi connectivity index (χ0v) is 15.7. The van der Waals surface area contributed by atoms with E-state index >= 15 is 0 Å². The van der Waals surface area contributed by atoms with E-state index in [1.165, 1.54) is 16.9 Å². The van der Waals surface area contributed by atoms with Crippen molar-refractivity contribution in [3.63, 3.8) is 0 Å². The average molecular weight is 398 g/mol. The van der Waals surface area contributed by atoms with Crippen molar-refractivity contribution in [1.82, 2.24) is 30.0 Å². The number of alkyl halides is 3. The Labute approximate surface area is 164 Å². The van der Waals surface area contributed by atoms with Gasteiger partial charge < -0.3 is 0 Å². The zero-order valence-electron chi connectivity index (χ0n) is 15.7. The van der Waals surface area contributed by atoms with Gasteiger partial charge in [0, 0.05) is 11.3 Å².